The maximum absolute atomic E-state index is 13.9. The fraction of sp³-hybridized carbons (Fsp3) is 0.323. The second kappa shape index (κ2) is 11.6. The van der Waals surface area contributed by atoms with Crippen molar-refractivity contribution >= 4 is 46.5 Å². The van der Waals surface area contributed by atoms with Gasteiger partial charge in [-0.25, -0.2) is 4.79 Å². The zero-order chi connectivity index (χ0) is 28.3. The third-order valence-electron chi connectivity index (χ3n) is 7.73. The summed E-state index contributed by atoms with van der Waals surface area (Å²) in [5.74, 6) is 0.0323. The Morgan fingerprint density at radius 3 is 2.25 bits per heavy atom. The number of benzene rings is 3. The number of nitrogens with one attached hydrogen (secondary N) is 2. The third kappa shape index (κ3) is 5.77. The number of carbonyl (C=O) groups excluding carboxylic acids is 3. The molecule has 2 fully saturated rings. The van der Waals surface area contributed by atoms with Crippen LogP contribution in [-0.4, -0.2) is 59.5 Å². The summed E-state index contributed by atoms with van der Waals surface area (Å²) in [6.07, 6.45) is 0.930. The first kappa shape index (κ1) is 27.5. The molecule has 2 saturated heterocycles. The van der Waals surface area contributed by atoms with E-state index in [2.05, 4.69) is 29.4 Å². The van der Waals surface area contributed by atoms with Gasteiger partial charge in [0.15, 0.2) is 0 Å². The predicted octanol–water partition coefficient (Wildman–Crippen LogP) is 5.77. The lowest BCUT2D eigenvalue weighted by Crippen LogP contribution is -2.58. The van der Waals surface area contributed by atoms with E-state index in [4.69, 9.17) is 11.6 Å². The van der Waals surface area contributed by atoms with Crippen molar-refractivity contribution < 1.29 is 14.4 Å². The molecule has 2 N–H and O–H groups in total. The Morgan fingerprint density at radius 1 is 0.900 bits per heavy atom. The smallest absolute Gasteiger partial charge is 0.321 e. The van der Waals surface area contributed by atoms with Crippen molar-refractivity contribution in [3.05, 3.63) is 89.4 Å². The molecule has 0 unspecified atom stereocenters. The first-order valence-electron chi connectivity index (χ1n) is 13.6. The van der Waals surface area contributed by atoms with Crippen LogP contribution in [0.4, 0.5) is 21.9 Å². The molecule has 0 aliphatic carbocycles. The van der Waals surface area contributed by atoms with Crippen molar-refractivity contribution in [1.29, 1.82) is 0 Å². The lowest BCUT2D eigenvalue weighted by atomic mass is 9.85. The molecule has 2 aliphatic rings. The van der Waals surface area contributed by atoms with E-state index in [0.29, 0.717) is 49.2 Å². The van der Waals surface area contributed by atoms with Gasteiger partial charge in [0, 0.05) is 35.2 Å². The van der Waals surface area contributed by atoms with Gasteiger partial charge in [0.2, 0.25) is 5.91 Å². The van der Waals surface area contributed by atoms with Crippen LogP contribution in [-0.2, 0) is 9.59 Å². The normalized spacial score (nSPS) is 16.5. The number of piperidine rings is 1. The second-order valence-corrected chi connectivity index (χ2v) is 11.1. The molecule has 2 heterocycles. The Labute approximate surface area is 239 Å². The van der Waals surface area contributed by atoms with E-state index in [0.717, 1.165) is 11.4 Å². The van der Waals surface area contributed by atoms with Crippen LogP contribution < -0.4 is 15.5 Å². The number of nitrogens with zero attached hydrogens (tertiary/aromatic N) is 3. The molecule has 40 heavy (non-hydrogen) atoms. The minimum atomic E-state index is -0.826. The molecule has 5 rings (SSSR count). The van der Waals surface area contributed by atoms with Crippen LogP contribution in [0.5, 0.6) is 0 Å². The number of amides is 4. The number of urea groups is 1. The van der Waals surface area contributed by atoms with E-state index in [-0.39, 0.29) is 24.4 Å². The van der Waals surface area contributed by atoms with Crippen LogP contribution in [0.2, 0.25) is 5.02 Å². The molecule has 9 heteroatoms. The minimum absolute atomic E-state index is 0.0764. The van der Waals surface area contributed by atoms with Gasteiger partial charge >= 0.3 is 6.03 Å². The van der Waals surface area contributed by atoms with Crippen molar-refractivity contribution in [2.45, 2.75) is 38.1 Å². The summed E-state index contributed by atoms with van der Waals surface area (Å²) >= 11 is 6.05. The Kier molecular flexibility index (Phi) is 7.98. The van der Waals surface area contributed by atoms with Crippen molar-refractivity contribution in [3.8, 4) is 0 Å². The van der Waals surface area contributed by atoms with E-state index in [1.807, 2.05) is 54.6 Å². The van der Waals surface area contributed by atoms with Crippen LogP contribution in [0.15, 0.2) is 78.9 Å². The number of halogens is 1. The van der Waals surface area contributed by atoms with E-state index >= 15 is 0 Å². The fourth-order valence-corrected chi connectivity index (χ4v) is 5.69. The van der Waals surface area contributed by atoms with Crippen LogP contribution in [0.25, 0.3) is 0 Å². The summed E-state index contributed by atoms with van der Waals surface area (Å²) in [5, 5.41) is 6.34. The number of carbonyl (C=O) groups is 3. The molecule has 0 aromatic heterocycles. The molecule has 0 radical (unpaired) electrons. The summed E-state index contributed by atoms with van der Waals surface area (Å²) in [5.41, 5.74) is 2.63. The zero-order valence-electron chi connectivity index (χ0n) is 22.8. The van der Waals surface area contributed by atoms with Crippen LogP contribution in [0.3, 0.4) is 0 Å². The lowest BCUT2D eigenvalue weighted by molar-refractivity contribution is -0.136. The monoisotopic (exact) mass is 559 g/mol. The van der Waals surface area contributed by atoms with Crippen molar-refractivity contribution in [2.24, 2.45) is 0 Å². The first-order valence-corrected chi connectivity index (χ1v) is 14.0. The summed E-state index contributed by atoms with van der Waals surface area (Å²) in [6, 6.07) is 24.4. The van der Waals surface area contributed by atoms with Gasteiger partial charge in [-0.15, -0.1) is 0 Å². The zero-order valence-corrected chi connectivity index (χ0v) is 23.5. The number of hydrogen-bond donors (Lipinski definition) is 2. The standard InChI is InChI=1S/C31H34ClN5O3/c1-22(2)23-11-13-25(14-12-23)34-30(40)35-17-15-31(16-18-35)29(39)36(21-37(31)27-9-4-3-5-10-27)20-28(38)33-26-8-6-7-24(32)19-26/h3-14,19,22H,15-18,20-21H2,1-2H3,(H,33,38)(H,34,40). The highest BCUT2D eigenvalue weighted by molar-refractivity contribution is 6.30. The van der Waals surface area contributed by atoms with Crippen molar-refractivity contribution in [1.82, 2.24) is 9.80 Å². The second-order valence-electron chi connectivity index (χ2n) is 10.7. The topological polar surface area (TPSA) is 85.0 Å². The number of hydrogen-bond acceptors (Lipinski definition) is 4. The molecule has 4 amide bonds. The molecular weight excluding hydrogens is 526 g/mol. The Balaban J connectivity index is 1.28. The SMILES string of the molecule is CC(C)c1ccc(NC(=O)N2CCC3(CC2)C(=O)N(CC(=O)Nc2cccc(Cl)c2)CN3c2ccccc2)cc1. The number of para-hydroxylation sites is 1. The van der Waals surface area contributed by atoms with Gasteiger partial charge in [0.1, 0.15) is 12.1 Å². The first-order chi connectivity index (χ1) is 19.2. The average molecular weight is 560 g/mol. The summed E-state index contributed by atoms with van der Waals surface area (Å²) in [6.45, 7) is 5.33. The van der Waals surface area contributed by atoms with Crippen molar-refractivity contribution in [3.63, 3.8) is 0 Å². The molecule has 208 valence electrons. The summed E-state index contributed by atoms with van der Waals surface area (Å²) in [7, 11) is 0. The highest BCUT2D eigenvalue weighted by atomic mass is 35.5. The number of likely N-dealkylation sites (tertiary alicyclic amines) is 1. The number of rotatable bonds is 6. The molecule has 3 aromatic rings. The summed E-state index contributed by atoms with van der Waals surface area (Å²) < 4.78 is 0. The minimum Gasteiger partial charge on any atom is -0.339 e. The molecule has 1 spiro atoms. The van der Waals surface area contributed by atoms with Gasteiger partial charge in [0.05, 0.1) is 6.67 Å². The van der Waals surface area contributed by atoms with Gasteiger partial charge in [-0.3, -0.25) is 9.59 Å². The molecule has 0 bridgehead atoms. The van der Waals surface area contributed by atoms with Gasteiger partial charge in [0.25, 0.3) is 5.91 Å². The highest BCUT2D eigenvalue weighted by Crippen LogP contribution is 2.39. The quantitative estimate of drug-likeness (QED) is 0.401. The molecule has 0 atom stereocenters. The Bertz CT molecular complexity index is 1370. The van der Waals surface area contributed by atoms with Crippen LogP contribution >= 0.6 is 11.6 Å². The molecule has 0 saturated carbocycles. The maximum Gasteiger partial charge on any atom is 0.321 e. The molecule has 2 aliphatic heterocycles. The summed E-state index contributed by atoms with van der Waals surface area (Å²) in [4.78, 5) is 45.3. The average Bonchev–Trinajstić information content (AvgIpc) is 3.20. The molecular formula is C31H34ClN5O3. The lowest BCUT2D eigenvalue weighted by Gasteiger charge is -2.43. The van der Waals surface area contributed by atoms with E-state index in [1.165, 1.54) is 5.56 Å². The fourth-order valence-electron chi connectivity index (χ4n) is 5.50. The van der Waals surface area contributed by atoms with Gasteiger partial charge in [-0.1, -0.05) is 61.8 Å². The maximum atomic E-state index is 13.9. The molecule has 3 aromatic carbocycles. The van der Waals surface area contributed by atoms with Gasteiger partial charge in [-0.05, 0) is 66.8 Å². The largest absolute Gasteiger partial charge is 0.339 e. The van der Waals surface area contributed by atoms with E-state index in [9.17, 15) is 14.4 Å². The Hall–Kier alpha value is -4.04. The van der Waals surface area contributed by atoms with Crippen LogP contribution in [0, 0.1) is 0 Å². The molecule has 8 nitrogen and oxygen atoms in total. The van der Waals surface area contributed by atoms with E-state index in [1.54, 1.807) is 34.1 Å². The number of anilines is 3. The highest BCUT2D eigenvalue weighted by Gasteiger charge is 2.54. The van der Waals surface area contributed by atoms with Crippen molar-refractivity contribution in [2.75, 3.05) is 41.8 Å². The predicted molar refractivity (Wildman–Crippen MR) is 159 cm³/mol. The third-order valence-corrected chi connectivity index (χ3v) is 7.97. The van der Waals surface area contributed by atoms with Crippen LogP contribution in [0.1, 0.15) is 38.2 Å². The Morgan fingerprint density at radius 2 is 1.60 bits per heavy atom. The van der Waals surface area contributed by atoms with Gasteiger partial charge < -0.3 is 25.3 Å². The van der Waals surface area contributed by atoms with Gasteiger partial charge in [-0.2, -0.15) is 0 Å². The van der Waals surface area contributed by atoms with E-state index < -0.39 is 5.54 Å².